The van der Waals surface area contributed by atoms with Crippen LogP contribution in [0.3, 0.4) is 0 Å². The van der Waals surface area contributed by atoms with E-state index in [1.807, 2.05) is 36.4 Å². The third-order valence-corrected chi connectivity index (χ3v) is 4.50. The smallest absolute Gasteiger partial charge is 0.188 e. The van der Waals surface area contributed by atoms with Gasteiger partial charge in [-0.05, 0) is 37.3 Å². The van der Waals surface area contributed by atoms with E-state index in [4.69, 9.17) is 17.0 Å². The molecule has 0 saturated carbocycles. The van der Waals surface area contributed by atoms with E-state index in [0.717, 1.165) is 23.0 Å². The molecule has 1 fully saturated rings. The average Bonchev–Trinajstić information content (AvgIpc) is 2.47. The van der Waals surface area contributed by atoms with Gasteiger partial charge in [-0.15, -0.1) is 0 Å². The normalized spacial score (nSPS) is 26.6. The third-order valence-electron chi connectivity index (χ3n) is 4.20. The van der Waals surface area contributed by atoms with E-state index in [2.05, 4.69) is 35.3 Å². The van der Waals surface area contributed by atoms with Gasteiger partial charge >= 0.3 is 0 Å². The summed E-state index contributed by atoms with van der Waals surface area (Å²) in [6.07, 6.45) is 0.860. The first-order chi connectivity index (χ1) is 10.2. The van der Waals surface area contributed by atoms with Gasteiger partial charge in [0.25, 0.3) is 0 Å². The SMILES string of the molecule is CC12CC(NC(=S)N1c1ccccc1)c1ccccc1O2. The van der Waals surface area contributed by atoms with Crippen molar-refractivity contribution in [2.24, 2.45) is 0 Å². The van der Waals surface area contributed by atoms with Gasteiger partial charge in [0.1, 0.15) is 5.75 Å². The highest BCUT2D eigenvalue weighted by Crippen LogP contribution is 2.45. The molecule has 106 valence electrons. The number of anilines is 1. The van der Waals surface area contributed by atoms with Crippen LogP contribution in [0.1, 0.15) is 24.9 Å². The molecule has 2 aromatic carbocycles. The summed E-state index contributed by atoms with van der Waals surface area (Å²) in [6.45, 7) is 2.11. The second kappa shape index (κ2) is 4.46. The molecule has 4 rings (SSSR count). The molecule has 2 aliphatic heterocycles. The number of fused-ring (bicyclic) bond motifs is 4. The third kappa shape index (κ3) is 1.90. The molecule has 0 amide bonds. The van der Waals surface area contributed by atoms with E-state index >= 15 is 0 Å². The number of hydrogen-bond acceptors (Lipinski definition) is 2. The molecule has 21 heavy (non-hydrogen) atoms. The highest BCUT2D eigenvalue weighted by Gasteiger charge is 2.48. The molecule has 2 aromatic rings. The van der Waals surface area contributed by atoms with Crippen LogP contribution in [0.25, 0.3) is 0 Å². The Morgan fingerprint density at radius 2 is 1.86 bits per heavy atom. The predicted molar refractivity (Wildman–Crippen MR) is 87.5 cm³/mol. The quantitative estimate of drug-likeness (QED) is 0.812. The van der Waals surface area contributed by atoms with Crippen molar-refractivity contribution in [1.29, 1.82) is 0 Å². The molecule has 2 unspecified atom stereocenters. The van der Waals surface area contributed by atoms with Crippen LogP contribution < -0.4 is 15.0 Å². The summed E-state index contributed by atoms with van der Waals surface area (Å²) in [6, 6.07) is 18.6. The average molecular weight is 296 g/mol. The summed E-state index contributed by atoms with van der Waals surface area (Å²) in [7, 11) is 0. The van der Waals surface area contributed by atoms with Crippen molar-refractivity contribution in [1.82, 2.24) is 5.32 Å². The molecule has 2 heterocycles. The fourth-order valence-corrected chi connectivity index (χ4v) is 3.73. The molecule has 4 heteroatoms. The Labute approximate surface area is 129 Å². The fourth-order valence-electron chi connectivity index (χ4n) is 3.29. The highest BCUT2D eigenvalue weighted by atomic mass is 32.1. The molecule has 1 saturated heterocycles. The maximum atomic E-state index is 6.33. The van der Waals surface area contributed by atoms with Crippen molar-refractivity contribution in [3.8, 4) is 5.75 Å². The lowest BCUT2D eigenvalue weighted by atomic mass is 9.90. The Balaban J connectivity index is 1.82. The topological polar surface area (TPSA) is 24.5 Å². The van der Waals surface area contributed by atoms with Crippen LogP contribution in [-0.2, 0) is 0 Å². The van der Waals surface area contributed by atoms with Crippen LogP contribution in [0.2, 0.25) is 0 Å². The molecule has 1 N–H and O–H groups in total. The summed E-state index contributed by atoms with van der Waals surface area (Å²) >= 11 is 5.60. The van der Waals surface area contributed by atoms with Gasteiger partial charge in [0.05, 0.1) is 6.04 Å². The molecule has 0 radical (unpaired) electrons. The molecular weight excluding hydrogens is 280 g/mol. The lowest BCUT2D eigenvalue weighted by Gasteiger charge is -2.52. The van der Waals surface area contributed by atoms with E-state index < -0.39 is 5.72 Å². The van der Waals surface area contributed by atoms with Crippen molar-refractivity contribution in [3.63, 3.8) is 0 Å². The van der Waals surface area contributed by atoms with E-state index in [1.54, 1.807) is 0 Å². The minimum Gasteiger partial charge on any atom is -0.467 e. The van der Waals surface area contributed by atoms with Gasteiger partial charge in [-0.25, -0.2) is 0 Å². The Kier molecular flexibility index (Phi) is 2.69. The minimum absolute atomic E-state index is 0.215. The number of ether oxygens (including phenoxy) is 1. The largest absolute Gasteiger partial charge is 0.467 e. The number of hydrogen-bond donors (Lipinski definition) is 1. The van der Waals surface area contributed by atoms with Crippen LogP contribution in [0.4, 0.5) is 5.69 Å². The molecule has 3 nitrogen and oxygen atoms in total. The Bertz CT molecular complexity index is 703. The molecule has 0 aromatic heterocycles. The van der Waals surface area contributed by atoms with Gasteiger partial charge in [0, 0.05) is 17.7 Å². The Morgan fingerprint density at radius 1 is 1.14 bits per heavy atom. The van der Waals surface area contributed by atoms with E-state index in [0.29, 0.717) is 0 Å². The van der Waals surface area contributed by atoms with Gasteiger partial charge in [0.15, 0.2) is 10.8 Å². The highest BCUT2D eigenvalue weighted by molar-refractivity contribution is 7.80. The zero-order valence-corrected chi connectivity index (χ0v) is 12.6. The van der Waals surface area contributed by atoms with Crippen LogP contribution in [-0.4, -0.2) is 10.8 Å². The van der Waals surface area contributed by atoms with Gasteiger partial charge in [-0.1, -0.05) is 36.4 Å². The first kappa shape index (κ1) is 12.7. The molecular formula is C17H16N2OS. The maximum Gasteiger partial charge on any atom is 0.188 e. The van der Waals surface area contributed by atoms with E-state index in [-0.39, 0.29) is 6.04 Å². The number of rotatable bonds is 1. The lowest BCUT2D eigenvalue weighted by molar-refractivity contribution is 0.0498. The monoisotopic (exact) mass is 296 g/mol. The maximum absolute atomic E-state index is 6.33. The van der Waals surface area contributed by atoms with Gasteiger partial charge in [-0.2, -0.15) is 0 Å². The first-order valence-electron chi connectivity index (χ1n) is 7.11. The molecule has 2 aliphatic rings. The summed E-state index contributed by atoms with van der Waals surface area (Å²) in [5, 5.41) is 4.17. The van der Waals surface area contributed by atoms with E-state index in [1.165, 1.54) is 5.56 Å². The zero-order valence-electron chi connectivity index (χ0n) is 11.7. The summed E-state index contributed by atoms with van der Waals surface area (Å²) in [5.74, 6) is 0.937. The molecule has 0 spiro atoms. The number of nitrogens with one attached hydrogen (secondary N) is 1. The van der Waals surface area contributed by atoms with Crippen molar-refractivity contribution in [2.75, 3.05) is 4.90 Å². The first-order valence-corrected chi connectivity index (χ1v) is 7.52. The van der Waals surface area contributed by atoms with Crippen LogP contribution in [0.15, 0.2) is 54.6 Å². The number of benzene rings is 2. The Morgan fingerprint density at radius 3 is 2.67 bits per heavy atom. The van der Waals surface area contributed by atoms with Crippen LogP contribution in [0, 0.1) is 0 Å². The molecule has 0 aliphatic carbocycles. The molecule has 2 bridgehead atoms. The van der Waals surface area contributed by atoms with Crippen molar-refractivity contribution in [3.05, 3.63) is 60.2 Å². The van der Waals surface area contributed by atoms with Crippen molar-refractivity contribution in [2.45, 2.75) is 25.1 Å². The van der Waals surface area contributed by atoms with Crippen molar-refractivity contribution >= 4 is 23.0 Å². The standard InChI is InChI=1S/C17H16N2OS/c1-17-11-14(13-9-5-6-10-15(13)20-17)18-16(21)19(17)12-7-3-2-4-8-12/h2-10,14H,11H2,1H3,(H,18,21). The number of nitrogens with zero attached hydrogens (tertiary/aromatic N) is 1. The van der Waals surface area contributed by atoms with Crippen LogP contribution >= 0.6 is 12.2 Å². The fraction of sp³-hybridized carbons (Fsp3) is 0.235. The second-order valence-corrected chi connectivity index (χ2v) is 6.08. The van der Waals surface area contributed by atoms with E-state index in [9.17, 15) is 0 Å². The second-order valence-electron chi connectivity index (χ2n) is 5.69. The van der Waals surface area contributed by atoms with Crippen LogP contribution in [0.5, 0.6) is 5.75 Å². The summed E-state index contributed by atoms with van der Waals surface area (Å²) < 4.78 is 6.33. The van der Waals surface area contributed by atoms with Crippen molar-refractivity contribution < 1.29 is 4.74 Å². The van der Waals surface area contributed by atoms with Gasteiger partial charge in [0.2, 0.25) is 0 Å². The summed E-state index contributed by atoms with van der Waals surface area (Å²) in [4.78, 5) is 2.08. The molecule has 2 atom stereocenters. The van der Waals surface area contributed by atoms with Gasteiger partial charge in [-0.3, -0.25) is 4.90 Å². The minimum atomic E-state index is -0.456. The van der Waals surface area contributed by atoms with Gasteiger partial charge < -0.3 is 10.1 Å². The lowest BCUT2D eigenvalue weighted by Crippen LogP contribution is -2.65. The predicted octanol–water partition coefficient (Wildman–Crippen LogP) is 3.62. The Hall–Kier alpha value is -2.07. The zero-order chi connectivity index (χ0) is 14.4. The summed E-state index contributed by atoms with van der Waals surface area (Å²) in [5.41, 5.74) is 1.78. The number of thiocarbonyl (C=S) groups is 1. The number of para-hydroxylation sites is 2.